The van der Waals surface area contributed by atoms with Crippen LogP contribution in [-0.4, -0.2) is 48.4 Å². The summed E-state index contributed by atoms with van der Waals surface area (Å²) in [6, 6.07) is 6.76. The van der Waals surface area contributed by atoms with Crippen molar-refractivity contribution in [1.82, 2.24) is 4.90 Å². The minimum absolute atomic E-state index is 0.0824. The number of anilines is 1. The van der Waals surface area contributed by atoms with Crippen LogP contribution in [-0.2, 0) is 4.74 Å². The molecule has 0 saturated carbocycles. The molecule has 18 heavy (non-hydrogen) atoms. The molecule has 1 saturated heterocycles. The van der Waals surface area contributed by atoms with Crippen molar-refractivity contribution in [3.05, 3.63) is 29.3 Å². The molecule has 2 amide bonds. The van der Waals surface area contributed by atoms with Gasteiger partial charge < -0.3 is 20.1 Å². The van der Waals surface area contributed by atoms with Crippen molar-refractivity contribution in [2.24, 2.45) is 0 Å². The van der Waals surface area contributed by atoms with Gasteiger partial charge in [-0.3, -0.25) is 0 Å². The lowest BCUT2D eigenvalue weighted by atomic mass is 10.3. The fourth-order valence-electron chi connectivity index (χ4n) is 1.78. The molecule has 1 aromatic rings. The van der Waals surface area contributed by atoms with Crippen LogP contribution in [0.2, 0.25) is 5.02 Å². The Balaban J connectivity index is 1.95. The molecule has 1 heterocycles. The van der Waals surface area contributed by atoms with Crippen molar-refractivity contribution < 1.29 is 14.6 Å². The summed E-state index contributed by atoms with van der Waals surface area (Å²) < 4.78 is 5.28. The Kier molecular flexibility index (Phi) is 4.41. The number of benzene rings is 1. The number of aliphatic hydroxyl groups excluding tert-OH is 1. The highest BCUT2D eigenvalue weighted by Crippen LogP contribution is 2.16. The Bertz CT molecular complexity index is 428. The van der Waals surface area contributed by atoms with Crippen molar-refractivity contribution in [3.8, 4) is 0 Å². The van der Waals surface area contributed by atoms with Crippen LogP contribution in [0.15, 0.2) is 24.3 Å². The number of carbonyl (C=O) groups excluding carboxylic acids is 1. The van der Waals surface area contributed by atoms with Gasteiger partial charge in [0.1, 0.15) is 0 Å². The van der Waals surface area contributed by atoms with E-state index in [-0.39, 0.29) is 18.7 Å². The molecule has 6 heteroatoms. The van der Waals surface area contributed by atoms with E-state index in [1.807, 2.05) is 0 Å². The molecule has 0 aromatic heterocycles. The van der Waals surface area contributed by atoms with E-state index < -0.39 is 0 Å². The highest BCUT2D eigenvalue weighted by Gasteiger charge is 2.23. The number of halogens is 1. The largest absolute Gasteiger partial charge is 0.394 e. The lowest BCUT2D eigenvalue weighted by Crippen LogP contribution is -2.48. The Labute approximate surface area is 110 Å². The summed E-state index contributed by atoms with van der Waals surface area (Å²) in [5.74, 6) is 0. The smallest absolute Gasteiger partial charge is 0.322 e. The second-order valence-corrected chi connectivity index (χ2v) is 4.50. The quantitative estimate of drug-likeness (QED) is 0.857. The number of ether oxygens (including phenoxy) is 1. The number of nitrogens with zero attached hydrogens (tertiary/aromatic N) is 1. The van der Waals surface area contributed by atoms with E-state index in [9.17, 15) is 4.79 Å². The molecule has 1 aliphatic rings. The van der Waals surface area contributed by atoms with Crippen LogP contribution in [0.1, 0.15) is 0 Å². The first-order valence-electron chi connectivity index (χ1n) is 5.73. The van der Waals surface area contributed by atoms with Gasteiger partial charge in [-0.1, -0.05) is 17.7 Å². The summed E-state index contributed by atoms with van der Waals surface area (Å²) in [6.07, 6.45) is -0.302. The van der Waals surface area contributed by atoms with Gasteiger partial charge in [0.05, 0.1) is 25.9 Å². The molecule has 2 rings (SSSR count). The first-order valence-corrected chi connectivity index (χ1v) is 6.11. The number of hydrogen-bond donors (Lipinski definition) is 2. The molecular formula is C12H15ClN2O3. The van der Waals surface area contributed by atoms with Gasteiger partial charge in [0, 0.05) is 17.3 Å². The summed E-state index contributed by atoms with van der Waals surface area (Å²) in [6.45, 7) is 1.26. The summed E-state index contributed by atoms with van der Waals surface area (Å²) in [4.78, 5) is 13.6. The first kappa shape index (κ1) is 13.1. The van der Waals surface area contributed by atoms with Crippen molar-refractivity contribution in [1.29, 1.82) is 0 Å². The highest BCUT2D eigenvalue weighted by atomic mass is 35.5. The molecule has 5 nitrogen and oxygen atoms in total. The number of morpholine rings is 1. The minimum Gasteiger partial charge on any atom is -0.394 e. The number of urea groups is 1. The molecule has 0 radical (unpaired) electrons. The van der Waals surface area contributed by atoms with Gasteiger partial charge in [-0.05, 0) is 18.2 Å². The predicted octanol–water partition coefficient (Wildman–Crippen LogP) is 1.56. The maximum absolute atomic E-state index is 12.0. The van der Waals surface area contributed by atoms with Crippen molar-refractivity contribution in [2.45, 2.75) is 6.10 Å². The van der Waals surface area contributed by atoms with Gasteiger partial charge in [-0.25, -0.2) is 4.79 Å². The SMILES string of the molecule is O=C(Nc1cccc(Cl)c1)N1CCOC(CO)C1. The summed E-state index contributed by atoms with van der Waals surface area (Å²) in [5.41, 5.74) is 0.652. The van der Waals surface area contributed by atoms with Crippen LogP contribution in [0, 0.1) is 0 Å². The van der Waals surface area contributed by atoms with Crippen LogP contribution in [0.3, 0.4) is 0 Å². The molecule has 1 atom stereocenters. The lowest BCUT2D eigenvalue weighted by Gasteiger charge is -2.32. The van der Waals surface area contributed by atoms with Crippen molar-refractivity contribution in [2.75, 3.05) is 31.6 Å². The fraction of sp³-hybridized carbons (Fsp3) is 0.417. The zero-order valence-electron chi connectivity index (χ0n) is 9.80. The molecule has 98 valence electrons. The van der Waals surface area contributed by atoms with Gasteiger partial charge in [0.2, 0.25) is 0 Å². The minimum atomic E-state index is -0.302. The maximum atomic E-state index is 12.0. The van der Waals surface area contributed by atoms with E-state index in [2.05, 4.69) is 5.32 Å². The van der Waals surface area contributed by atoms with Gasteiger partial charge in [-0.2, -0.15) is 0 Å². The van der Waals surface area contributed by atoms with Crippen LogP contribution in [0.4, 0.5) is 10.5 Å². The fourth-order valence-corrected chi connectivity index (χ4v) is 1.97. The molecule has 1 aromatic carbocycles. The van der Waals surface area contributed by atoms with E-state index in [1.54, 1.807) is 29.2 Å². The molecule has 1 unspecified atom stereocenters. The average Bonchev–Trinajstić information content (AvgIpc) is 2.39. The first-order chi connectivity index (χ1) is 8.69. The molecule has 2 N–H and O–H groups in total. The van der Waals surface area contributed by atoms with Crippen LogP contribution < -0.4 is 5.32 Å². The second kappa shape index (κ2) is 6.04. The van der Waals surface area contributed by atoms with Gasteiger partial charge in [-0.15, -0.1) is 0 Å². The van der Waals surface area contributed by atoms with Crippen LogP contribution in [0.5, 0.6) is 0 Å². The Morgan fingerprint density at radius 1 is 1.61 bits per heavy atom. The highest BCUT2D eigenvalue weighted by molar-refractivity contribution is 6.30. The molecule has 0 spiro atoms. The average molecular weight is 271 g/mol. The number of hydrogen-bond acceptors (Lipinski definition) is 3. The number of aliphatic hydroxyl groups is 1. The summed E-state index contributed by atoms with van der Waals surface area (Å²) >= 11 is 5.84. The maximum Gasteiger partial charge on any atom is 0.322 e. The van der Waals surface area contributed by atoms with Crippen LogP contribution in [0.25, 0.3) is 0 Å². The monoisotopic (exact) mass is 270 g/mol. The third kappa shape index (κ3) is 3.35. The molecule has 0 aliphatic carbocycles. The van der Waals surface area contributed by atoms with E-state index in [0.717, 1.165) is 0 Å². The third-order valence-corrected chi connectivity index (χ3v) is 2.94. The number of carbonyl (C=O) groups is 1. The zero-order valence-corrected chi connectivity index (χ0v) is 10.6. The van der Waals surface area contributed by atoms with E-state index in [4.69, 9.17) is 21.4 Å². The molecule has 1 aliphatic heterocycles. The van der Waals surface area contributed by atoms with E-state index in [1.165, 1.54) is 0 Å². The number of amides is 2. The van der Waals surface area contributed by atoms with Gasteiger partial charge >= 0.3 is 6.03 Å². The van der Waals surface area contributed by atoms with Gasteiger partial charge in [0.25, 0.3) is 0 Å². The normalized spacial score (nSPS) is 19.7. The molecule has 0 bridgehead atoms. The topological polar surface area (TPSA) is 61.8 Å². The Morgan fingerprint density at radius 2 is 2.44 bits per heavy atom. The van der Waals surface area contributed by atoms with Crippen LogP contribution >= 0.6 is 11.6 Å². The molecule has 1 fully saturated rings. The number of nitrogens with one attached hydrogen (secondary N) is 1. The van der Waals surface area contributed by atoms with E-state index in [0.29, 0.717) is 30.4 Å². The predicted molar refractivity (Wildman–Crippen MR) is 68.9 cm³/mol. The third-order valence-electron chi connectivity index (χ3n) is 2.71. The zero-order chi connectivity index (χ0) is 13.0. The van der Waals surface area contributed by atoms with E-state index >= 15 is 0 Å². The standard InChI is InChI=1S/C12H15ClN2O3/c13-9-2-1-3-10(6-9)14-12(17)15-4-5-18-11(7-15)8-16/h1-3,6,11,16H,4-5,7-8H2,(H,14,17). The van der Waals surface area contributed by atoms with Crippen molar-refractivity contribution in [3.63, 3.8) is 0 Å². The Hall–Kier alpha value is -1.30. The summed E-state index contributed by atoms with van der Waals surface area (Å²) in [5, 5.41) is 12.4. The van der Waals surface area contributed by atoms with Crippen molar-refractivity contribution >= 4 is 23.3 Å². The molecular weight excluding hydrogens is 256 g/mol. The Morgan fingerprint density at radius 3 is 3.17 bits per heavy atom. The lowest BCUT2D eigenvalue weighted by molar-refractivity contribution is -0.0388. The second-order valence-electron chi connectivity index (χ2n) is 4.06. The summed E-state index contributed by atoms with van der Waals surface area (Å²) in [7, 11) is 0. The number of rotatable bonds is 2. The van der Waals surface area contributed by atoms with Gasteiger partial charge in [0.15, 0.2) is 0 Å².